The Kier molecular flexibility index (Phi) is 6.00. The van der Waals surface area contributed by atoms with Crippen molar-refractivity contribution in [2.75, 3.05) is 11.5 Å². The number of pyridine rings is 2. The summed E-state index contributed by atoms with van der Waals surface area (Å²) in [5.74, 6) is 0. The molecule has 0 radical (unpaired) electrons. The normalized spacial score (nSPS) is 10.6. The van der Waals surface area contributed by atoms with Crippen molar-refractivity contribution in [1.29, 1.82) is 0 Å². The van der Waals surface area contributed by atoms with Gasteiger partial charge in [-0.3, -0.25) is 10.1 Å². The van der Waals surface area contributed by atoms with Gasteiger partial charge in [-0.15, -0.1) is 0 Å². The molecule has 0 spiro atoms. The number of benzene rings is 1. The number of aromatic amines is 1. The smallest absolute Gasteiger partial charge is 0.269 e. The lowest BCUT2D eigenvalue weighted by molar-refractivity contribution is -0.384. The topological polar surface area (TPSA) is 179 Å². The fourth-order valence-corrected chi connectivity index (χ4v) is 2.36. The number of nitro benzene ring substituents is 1. The molecule has 0 aliphatic rings. The summed E-state index contributed by atoms with van der Waals surface area (Å²) in [7, 11) is -4.52. The second-order valence-electron chi connectivity index (χ2n) is 5.22. The number of nitrogens with two attached hydrogens (primary N) is 2. The van der Waals surface area contributed by atoms with Gasteiger partial charge in [0, 0.05) is 18.2 Å². The molecule has 3 aromatic rings. The lowest BCUT2D eigenvalue weighted by Crippen LogP contribution is -2.08. The number of H-pyrrole nitrogens is 1. The van der Waals surface area contributed by atoms with Crippen LogP contribution >= 0.6 is 0 Å². The number of hydrogen-bond donors (Lipinski definition) is 2. The van der Waals surface area contributed by atoms with E-state index in [0.29, 0.717) is 11.4 Å². The number of aromatic nitrogens is 2. The number of anilines is 2. The zero-order valence-corrected chi connectivity index (χ0v) is 14.6. The number of nitrogen functional groups attached to an aromatic ring is 2. The molecule has 1 aromatic carbocycles. The van der Waals surface area contributed by atoms with Crippen molar-refractivity contribution in [3.8, 4) is 11.4 Å². The van der Waals surface area contributed by atoms with Gasteiger partial charge in [0.2, 0.25) is 5.69 Å². The van der Waals surface area contributed by atoms with Gasteiger partial charge in [0.1, 0.15) is 15.8 Å². The molecule has 0 fully saturated rings. The van der Waals surface area contributed by atoms with Crippen LogP contribution in [0, 0.1) is 10.1 Å². The van der Waals surface area contributed by atoms with Gasteiger partial charge in [0.15, 0.2) is 6.20 Å². The summed E-state index contributed by atoms with van der Waals surface area (Å²) in [6.45, 7) is 0. The SMILES string of the molecule is Nc1ccc(-c2ccc(N)c[nH+]2)nc1.O=[N+]([O-])c1ccc(S(=O)(=O)[O-])cc1. The molecule has 11 heteroatoms. The van der Waals surface area contributed by atoms with Crippen molar-refractivity contribution >= 4 is 27.2 Å². The third-order valence-corrected chi connectivity index (χ3v) is 4.08. The predicted molar refractivity (Wildman–Crippen MR) is 96.1 cm³/mol. The molecule has 3 rings (SSSR count). The van der Waals surface area contributed by atoms with Crippen LogP contribution in [0.3, 0.4) is 0 Å². The van der Waals surface area contributed by atoms with Gasteiger partial charge < -0.3 is 16.0 Å². The van der Waals surface area contributed by atoms with Crippen LogP contribution in [-0.2, 0) is 10.1 Å². The van der Waals surface area contributed by atoms with Crippen LogP contribution in [0.2, 0.25) is 0 Å². The van der Waals surface area contributed by atoms with E-state index >= 15 is 0 Å². The average molecular weight is 389 g/mol. The Morgan fingerprint density at radius 3 is 2.04 bits per heavy atom. The zero-order valence-electron chi connectivity index (χ0n) is 13.8. The van der Waals surface area contributed by atoms with Crippen LogP contribution in [0.1, 0.15) is 0 Å². The summed E-state index contributed by atoms with van der Waals surface area (Å²) in [6, 6.07) is 11.1. The summed E-state index contributed by atoms with van der Waals surface area (Å²) in [5.41, 5.74) is 14.0. The van der Waals surface area contributed by atoms with Crippen LogP contribution in [0.4, 0.5) is 17.1 Å². The Hall–Kier alpha value is -3.57. The molecule has 0 saturated carbocycles. The van der Waals surface area contributed by atoms with Crippen molar-refractivity contribution in [2.45, 2.75) is 4.90 Å². The molecule has 2 aromatic heterocycles. The first-order chi connectivity index (χ1) is 12.7. The quantitative estimate of drug-likeness (QED) is 0.381. The first-order valence-electron chi connectivity index (χ1n) is 7.36. The number of hydrogen-bond acceptors (Lipinski definition) is 8. The molecular weight excluding hydrogens is 374 g/mol. The van der Waals surface area contributed by atoms with Gasteiger partial charge in [-0.2, -0.15) is 0 Å². The molecule has 2 heterocycles. The number of nitrogens with zero attached hydrogens (tertiary/aromatic N) is 2. The molecule has 10 nitrogen and oxygen atoms in total. The largest absolute Gasteiger partial charge is 0.744 e. The van der Waals surface area contributed by atoms with E-state index in [1.165, 1.54) is 0 Å². The third kappa shape index (κ3) is 5.73. The van der Waals surface area contributed by atoms with Crippen LogP contribution in [0.5, 0.6) is 0 Å². The predicted octanol–water partition coefficient (Wildman–Crippen LogP) is 1.23. The van der Waals surface area contributed by atoms with Gasteiger partial charge in [-0.25, -0.2) is 18.4 Å². The van der Waals surface area contributed by atoms with E-state index in [4.69, 9.17) is 11.5 Å². The number of rotatable bonds is 3. The van der Waals surface area contributed by atoms with Gasteiger partial charge in [-0.1, -0.05) is 0 Å². The molecular formula is C16H15N5O5S. The zero-order chi connectivity index (χ0) is 20.0. The molecule has 0 bridgehead atoms. The highest BCUT2D eigenvalue weighted by molar-refractivity contribution is 7.85. The van der Waals surface area contributed by atoms with E-state index in [0.717, 1.165) is 35.7 Å². The summed E-state index contributed by atoms with van der Waals surface area (Å²) in [4.78, 5) is 16.2. The van der Waals surface area contributed by atoms with Crippen LogP contribution in [0.15, 0.2) is 65.8 Å². The Balaban J connectivity index is 0.000000194. The minimum atomic E-state index is -4.52. The van der Waals surface area contributed by atoms with Crippen molar-refractivity contribution < 1.29 is 22.9 Å². The molecule has 140 valence electrons. The highest BCUT2D eigenvalue weighted by Crippen LogP contribution is 2.15. The number of nitrogens with one attached hydrogen (secondary N) is 1. The number of non-ortho nitro benzene ring substituents is 1. The van der Waals surface area contributed by atoms with E-state index in [9.17, 15) is 23.1 Å². The Morgan fingerprint density at radius 1 is 0.963 bits per heavy atom. The first-order valence-corrected chi connectivity index (χ1v) is 8.77. The summed E-state index contributed by atoms with van der Waals surface area (Å²) in [6.07, 6.45) is 3.35. The van der Waals surface area contributed by atoms with Crippen molar-refractivity contribution in [3.63, 3.8) is 0 Å². The minimum absolute atomic E-state index is 0.257. The van der Waals surface area contributed by atoms with E-state index in [1.807, 2.05) is 24.3 Å². The van der Waals surface area contributed by atoms with E-state index < -0.39 is 19.9 Å². The molecule has 0 atom stereocenters. The van der Waals surface area contributed by atoms with Crippen LogP contribution in [0.25, 0.3) is 11.4 Å². The van der Waals surface area contributed by atoms with E-state index in [1.54, 1.807) is 12.4 Å². The van der Waals surface area contributed by atoms with Gasteiger partial charge >= 0.3 is 0 Å². The minimum Gasteiger partial charge on any atom is -0.744 e. The fraction of sp³-hybridized carbons (Fsp3) is 0. The Bertz CT molecular complexity index is 977. The van der Waals surface area contributed by atoms with Crippen LogP contribution in [-0.4, -0.2) is 22.9 Å². The van der Waals surface area contributed by atoms with E-state index in [2.05, 4.69) is 9.97 Å². The summed E-state index contributed by atoms with van der Waals surface area (Å²) >= 11 is 0. The second-order valence-corrected chi connectivity index (χ2v) is 6.60. The molecule has 0 aliphatic heterocycles. The lowest BCUT2D eigenvalue weighted by atomic mass is 10.2. The second kappa shape index (κ2) is 8.21. The first kappa shape index (κ1) is 19.8. The lowest BCUT2D eigenvalue weighted by Gasteiger charge is -2.04. The molecule has 0 saturated heterocycles. The van der Waals surface area contributed by atoms with Crippen molar-refractivity contribution in [2.24, 2.45) is 0 Å². The molecule has 27 heavy (non-hydrogen) atoms. The highest BCUT2D eigenvalue weighted by atomic mass is 32.2. The maximum Gasteiger partial charge on any atom is 0.269 e. The van der Waals surface area contributed by atoms with E-state index in [-0.39, 0.29) is 5.69 Å². The van der Waals surface area contributed by atoms with Crippen molar-refractivity contribution in [1.82, 2.24) is 4.98 Å². The van der Waals surface area contributed by atoms with Gasteiger partial charge in [-0.05, 0) is 30.3 Å². The maximum atomic E-state index is 10.4. The average Bonchev–Trinajstić information content (AvgIpc) is 2.63. The summed E-state index contributed by atoms with van der Waals surface area (Å²) < 4.78 is 31.2. The molecule has 0 unspecified atom stereocenters. The Morgan fingerprint density at radius 2 is 1.59 bits per heavy atom. The third-order valence-electron chi connectivity index (χ3n) is 3.24. The number of nitro groups is 1. The maximum absolute atomic E-state index is 10.4. The molecule has 0 aliphatic carbocycles. The summed E-state index contributed by atoms with van der Waals surface area (Å²) in [5, 5.41) is 10.1. The molecule has 5 N–H and O–H groups in total. The van der Waals surface area contributed by atoms with Gasteiger partial charge in [0.25, 0.3) is 5.69 Å². The van der Waals surface area contributed by atoms with Crippen molar-refractivity contribution in [3.05, 3.63) is 71.0 Å². The fourth-order valence-electron chi connectivity index (χ4n) is 1.90. The van der Waals surface area contributed by atoms with Crippen LogP contribution < -0.4 is 16.5 Å². The van der Waals surface area contributed by atoms with Gasteiger partial charge in [0.05, 0.1) is 27.4 Å². The monoisotopic (exact) mass is 389 g/mol. The Labute approximate surface area is 154 Å². The highest BCUT2D eigenvalue weighted by Gasteiger charge is 2.07. The standard InChI is InChI=1S/C10H10N4.C6H5NO5S/c11-7-1-3-9(13-5-7)10-4-2-8(12)6-14-10;8-7(9)5-1-3-6(4-2-5)13(10,11)12/h1-6H,11-12H2;1-4H,(H,10,11,12). The molecule has 0 amide bonds.